The lowest BCUT2D eigenvalue weighted by Gasteiger charge is -2.33. The van der Waals surface area contributed by atoms with E-state index >= 15 is 0 Å². The van der Waals surface area contributed by atoms with Crippen molar-refractivity contribution in [2.75, 3.05) is 18.0 Å². The van der Waals surface area contributed by atoms with Crippen LogP contribution in [0.4, 0.5) is 10.1 Å². The standard InChI is InChI=1S/C12H14FN3/c13-10-3-4-12(9(6-10)7-14)16-5-1-2-11(15)8-16/h3-4,6,11H,1-2,5,8,15H2/t11-/m1/s1. The molecule has 2 N–H and O–H groups in total. The SMILES string of the molecule is N#Cc1cc(F)ccc1N1CCC[C@@H](N)C1. The maximum Gasteiger partial charge on any atom is 0.124 e. The zero-order valence-corrected chi connectivity index (χ0v) is 8.99. The molecular weight excluding hydrogens is 205 g/mol. The van der Waals surface area contributed by atoms with Crippen LogP contribution in [0.15, 0.2) is 18.2 Å². The van der Waals surface area contributed by atoms with Gasteiger partial charge in [-0.2, -0.15) is 5.26 Å². The maximum absolute atomic E-state index is 13.0. The van der Waals surface area contributed by atoms with Crippen LogP contribution in [0.5, 0.6) is 0 Å². The van der Waals surface area contributed by atoms with Gasteiger partial charge in [-0.25, -0.2) is 4.39 Å². The first-order valence-corrected chi connectivity index (χ1v) is 5.41. The highest BCUT2D eigenvalue weighted by molar-refractivity contribution is 5.59. The van der Waals surface area contributed by atoms with Gasteiger partial charge in [-0.3, -0.25) is 0 Å². The minimum Gasteiger partial charge on any atom is -0.369 e. The molecule has 0 bridgehead atoms. The molecule has 1 aromatic carbocycles. The van der Waals surface area contributed by atoms with E-state index in [1.54, 1.807) is 6.07 Å². The molecule has 3 nitrogen and oxygen atoms in total. The van der Waals surface area contributed by atoms with E-state index in [-0.39, 0.29) is 11.9 Å². The average molecular weight is 219 g/mol. The molecular formula is C12H14FN3. The summed E-state index contributed by atoms with van der Waals surface area (Å²) in [4.78, 5) is 2.06. The van der Waals surface area contributed by atoms with Crippen molar-refractivity contribution in [1.82, 2.24) is 0 Å². The van der Waals surface area contributed by atoms with Gasteiger partial charge < -0.3 is 10.6 Å². The van der Waals surface area contributed by atoms with Gasteiger partial charge in [0.05, 0.1) is 11.3 Å². The van der Waals surface area contributed by atoms with Gasteiger partial charge in [0.2, 0.25) is 0 Å². The predicted octanol–water partition coefficient (Wildman–Crippen LogP) is 1.62. The first-order valence-electron chi connectivity index (χ1n) is 5.41. The van der Waals surface area contributed by atoms with Gasteiger partial charge >= 0.3 is 0 Å². The molecule has 0 radical (unpaired) electrons. The van der Waals surface area contributed by atoms with Crippen molar-refractivity contribution >= 4 is 5.69 Å². The fourth-order valence-corrected chi connectivity index (χ4v) is 2.10. The Morgan fingerprint density at radius 3 is 3.00 bits per heavy atom. The molecule has 0 aromatic heterocycles. The molecule has 0 amide bonds. The van der Waals surface area contributed by atoms with Crippen molar-refractivity contribution < 1.29 is 4.39 Å². The molecule has 0 spiro atoms. The van der Waals surface area contributed by atoms with E-state index in [0.717, 1.165) is 31.6 Å². The van der Waals surface area contributed by atoms with E-state index in [1.165, 1.54) is 12.1 Å². The minimum absolute atomic E-state index is 0.144. The molecule has 1 aromatic rings. The lowest BCUT2D eigenvalue weighted by atomic mass is 10.0. The highest BCUT2D eigenvalue weighted by atomic mass is 19.1. The number of nitrogens with zero attached hydrogens (tertiary/aromatic N) is 2. The van der Waals surface area contributed by atoms with Crippen LogP contribution in [0.25, 0.3) is 0 Å². The topological polar surface area (TPSA) is 53.0 Å². The highest BCUT2D eigenvalue weighted by Gasteiger charge is 2.19. The van der Waals surface area contributed by atoms with E-state index in [0.29, 0.717) is 5.56 Å². The Balaban J connectivity index is 2.29. The van der Waals surface area contributed by atoms with Crippen molar-refractivity contribution in [3.8, 4) is 6.07 Å². The van der Waals surface area contributed by atoms with E-state index in [2.05, 4.69) is 4.90 Å². The lowest BCUT2D eigenvalue weighted by Crippen LogP contribution is -2.43. The molecule has 2 rings (SSSR count). The number of rotatable bonds is 1. The zero-order chi connectivity index (χ0) is 11.5. The van der Waals surface area contributed by atoms with Crippen LogP contribution in [0.1, 0.15) is 18.4 Å². The Kier molecular flexibility index (Phi) is 3.07. The van der Waals surface area contributed by atoms with Crippen LogP contribution in [0.2, 0.25) is 0 Å². The second-order valence-electron chi connectivity index (χ2n) is 4.12. The molecule has 16 heavy (non-hydrogen) atoms. The summed E-state index contributed by atoms with van der Waals surface area (Å²) in [5.74, 6) is -0.374. The van der Waals surface area contributed by atoms with E-state index in [4.69, 9.17) is 11.0 Å². The number of nitriles is 1. The van der Waals surface area contributed by atoms with Crippen LogP contribution in [0.3, 0.4) is 0 Å². The number of nitrogens with two attached hydrogens (primary N) is 1. The third-order valence-electron chi connectivity index (χ3n) is 2.88. The van der Waals surface area contributed by atoms with Crippen molar-refractivity contribution in [2.45, 2.75) is 18.9 Å². The van der Waals surface area contributed by atoms with Gasteiger partial charge in [0.15, 0.2) is 0 Å². The second kappa shape index (κ2) is 4.50. The Morgan fingerprint density at radius 1 is 1.50 bits per heavy atom. The maximum atomic E-state index is 13.0. The fraction of sp³-hybridized carbons (Fsp3) is 0.417. The molecule has 0 aliphatic carbocycles. The van der Waals surface area contributed by atoms with Gasteiger partial charge in [0.25, 0.3) is 0 Å². The molecule has 1 fully saturated rings. The van der Waals surface area contributed by atoms with E-state index in [1.807, 2.05) is 6.07 Å². The summed E-state index contributed by atoms with van der Waals surface area (Å²) in [5.41, 5.74) is 7.06. The molecule has 1 aliphatic rings. The monoisotopic (exact) mass is 219 g/mol. The number of anilines is 1. The molecule has 0 unspecified atom stereocenters. The third-order valence-corrected chi connectivity index (χ3v) is 2.88. The number of halogens is 1. The van der Waals surface area contributed by atoms with Gasteiger partial charge in [-0.15, -0.1) is 0 Å². The summed E-state index contributed by atoms with van der Waals surface area (Å²) in [6.07, 6.45) is 2.03. The summed E-state index contributed by atoms with van der Waals surface area (Å²) in [6, 6.07) is 6.49. The molecule has 1 saturated heterocycles. The number of hydrogen-bond donors (Lipinski definition) is 1. The quantitative estimate of drug-likeness (QED) is 0.781. The lowest BCUT2D eigenvalue weighted by molar-refractivity contribution is 0.505. The van der Waals surface area contributed by atoms with Crippen LogP contribution in [-0.4, -0.2) is 19.1 Å². The number of piperidine rings is 1. The van der Waals surface area contributed by atoms with Crippen molar-refractivity contribution in [1.29, 1.82) is 5.26 Å². The first kappa shape index (κ1) is 10.9. The molecule has 4 heteroatoms. The second-order valence-corrected chi connectivity index (χ2v) is 4.12. The Hall–Kier alpha value is -1.60. The summed E-state index contributed by atoms with van der Waals surface area (Å²) >= 11 is 0. The Labute approximate surface area is 94.3 Å². The number of hydrogen-bond acceptors (Lipinski definition) is 3. The minimum atomic E-state index is -0.374. The van der Waals surface area contributed by atoms with Gasteiger partial charge in [0.1, 0.15) is 11.9 Å². The van der Waals surface area contributed by atoms with Crippen LogP contribution in [0, 0.1) is 17.1 Å². The molecule has 84 valence electrons. The van der Waals surface area contributed by atoms with Gasteiger partial charge in [0, 0.05) is 19.1 Å². The third kappa shape index (κ3) is 2.15. The average Bonchev–Trinajstić information content (AvgIpc) is 2.28. The highest BCUT2D eigenvalue weighted by Crippen LogP contribution is 2.24. The summed E-state index contributed by atoms with van der Waals surface area (Å²) < 4.78 is 13.0. The van der Waals surface area contributed by atoms with E-state index < -0.39 is 0 Å². The van der Waals surface area contributed by atoms with Crippen LogP contribution < -0.4 is 10.6 Å². The van der Waals surface area contributed by atoms with Gasteiger partial charge in [-0.05, 0) is 31.0 Å². The molecule has 0 saturated carbocycles. The zero-order valence-electron chi connectivity index (χ0n) is 8.99. The smallest absolute Gasteiger partial charge is 0.124 e. The van der Waals surface area contributed by atoms with Crippen molar-refractivity contribution in [2.24, 2.45) is 5.73 Å². The van der Waals surface area contributed by atoms with E-state index in [9.17, 15) is 4.39 Å². The normalized spacial score (nSPS) is 20.6. The summed E-state index contributed by atoms with van der Waals surface area (Å²) in [6.45, 7) is 1.62. The van der Waals surface area contributed by atoms with Crippen LogP contribution in [-0.2, 0) is 0 Å². The van der Waals surface area contributed by atoms with Crippen molar-refractivity contribution in [3.63, 3.8) is 0 Å². The van der Waals surface area contributed by atoms with Crippen LogP contribution >= 0.6 is 0 Å². The first-order chi connectivity index (χ1) is 7.70. The summed E-state index contributed by atoms with van der Waals surface area (Å²) in [5, 5.41) is 8.96. The molecule has 1 atom stereocenters. The fourth-order valence-electron chi connectivity index (χ4n) is 2.10. The number of benzene rings is 1. The largest absolute Gasteiger partial charge is 0.369 e. The van der Waals surface area contributed by atoms with Crippen molar-refractivity contribution in [3.05, 3.63) is 29.6 Å². The Bertz CT molecular complexity index is 425. The predicted molar refractivity (Wildman–Crippen MR) is 60.5 cm³/mol. The van der Waals surface area contributed by atoms with Gasteiger partial charge in [-0.1, -0.05) is 0 Å². The molecule has 1 aliphatic heterocycles. The summed E-state index contributed by atoms with van der Waals surface area (Å²) in [7, 11) is 0. The Morgan fingerprint density at radius 2 is 2.31 bits per heavy atom. The molecule has 1 heterocycles.